The number of fused-ring (bicyclic) bond motifs is 5. The number of hydrogen-bond donors (Lipinski definition) is 0. The van der Waals surface area contributed by atoms with Gasteiger partial charge in [0.1, 0.15) is 11.9 Å². The van der Waals surface area contributed by atoms with Crippen LogP contribution in [-0.4, -0.2) is 17.9 Å². The average molecular weight is 409 g/mol. The maximum absolute atomic E-state index is 12.7. The highest BCUT2D eigenvalue weighted by molar-refractivity contribution is 5.89. The summed E-state index contributed by atoms with van der Waals surface area (Å²) in [7, 11) is 0. The molecule has 0 amide bonds. The Balaban J connectivity index is 1.33. The van der Waals surface area contributed by atoms with Crippen LogP contribution in [0.3, 0.4) is 0 Å². The monoisotopic (exact) mass is 408 g/mol. The topological polar surface area (TPSA) is 43.4 Å². The van der Waals surface area contributed by atoms with Crippen LogP contribution in [0.1, 0.15) is 82.5 Å². The van der Waals surface area contributed by atoms with E-state index in [0.29, 0.717) is 40.4 Å². The molecule has 5 rings (SSSR count). The Morgan fingerprint density at radius 2 is 1.80 bits per heavy atom. The van der Waals surface area contributed by atoms with Crippen molar-refractivity contribution in [3.05, 3.63) is 35.9 Å². The van der Waals surface area contributed by atoms with Gasteiger partial charge in [-0.15, -0.1) is 0 Å². The zero-order valence-corrected chi connectivity index (χ0v) is 18.7. The minimum atomic E-state index is -0.178. The zero-order chi connectivity index (χ0) is 21.1. The average Bonchev–Trinajstić information content (AvgIpc) is 3.04. The molecule has 0 aliphatic heterocycles. The predicted molar refractivity (Wildman–Crippen MR) is 117 cm³/mol. The van der Waals surface area contributed by atoms with Crippen molar-refractivity contribution < 1.29 is 14.3 Å². The normalized spacial score (nSPS) is 45.2. The van der Waals surface area contributed by atoms with Crippen LogP contribution in [0.2, 0.25) is 0 Å². The smallest absolute Gasteiger partial charge is 0.338 e. The second-order valence-electron chi connectivity index (χ2n) is 11.3. The molecule has 1 aromatic rings. The number of carbonyl (C=O) groups is 2. The molecule has 3 heteroatoms. The van der Waals surface area contributed by atoms with Gasteiger partial charge in [0.05, 0.1) is 5.56 Å². The van der Waals surface area contributed by atoms with Crippen LogP contribution in [0.5, 0.6) is 0 Å². The van der Waals surface area contributed by atoms with E-state index < -0.39 is 0 Å². The summed E-state index contributed by atoms with van der Waals surface area (Å²) in [6.45, 7) is 7.07. The fourth-order valence-electron chi connectivity index (χ4n) is 8.29. The van der Waals surface area contributed by atoms with Crippen molar-refractivity contribution >= 4 is 11.8 Å². The number of rotatable bonds is 2. The minimum Gasteiger partial charge on any atom is -0.458 e. The maximum atomic E-state index is 12.7. The van der Waals surface area contributed by atoms with Gasteiger partial charge in [0, 0.05) is 11.8 Å². The summed E-state index contributed by atoms with van der Waals surface area (Å²) in [5, 5.41) is 0. The second-order valence-corrected chi connectivity index (χ2v) is 11.3. The third-order valence-corrected chi connectivity index (χ3v) is 9.96. The third kappa shape index (κ3) is 2.99. The molecule has 0 spiro atoms. The van der Waals surface area contributed by atoms with E-state index in [1.165, 1.54) is 19.3 Å². The quantitative estimate of drug-likeness (QED) is 0.558. The standard InChI is InChI=1S/C27H36O3/c1-17-16-27(3)19(15-23(17)30-25(29)18-7-5-4-6-8-18)9-10-20-21-11-12-24(28)26(21,2)14-13-22(20)27/h4-8,17,19-23H,9-16H2,1-3H3/t17-,19-,20+,21-,22-,23+,26+,27+/m0/s1. The Bertz CT molecular complexity index is 832. The predicted octanol–water partition coefficient (Wildman–Crippen LogP) is 6.07. The van der Waals surface area contributed by atoms with Crippen molar-refractivity contribution in [3.63, 3.8) is 0 Å². The lowest BCUT2D eigenvalue weighted by molar-refractivity contribution is -0.148. The lowest BCUT2D eigenvalue weighted by Crippen LogP contribution is -2.55. The Labute approximate surface area is 181 Å². The summed E-state index contributed by atoms with van der Waals surface area (Å²) in [5.74, 6) is 3.41. The van der Waals surface area contributed by atoms with Gasteiger partial charge >= 0.3 is 5.97 Å². The van der Waals surface area contributed by atoms with E-state index in [2.05, 4.69) is 20.8 Å². The lowest BCUT2D eigenvalue weighted by atomic mass is 9.44. The molecule has 0 aromatic heterocycles. The highest BCUT2D eigenvalue weighted by Crippen LogP contribution is 2.66. The van der Waals surface area contributed by atoms with E-state index in [-0.39, 0.29) is 17.5 Å². The first kappa shape index (κ1) is 20.3. The SMILES string of the molecule is C[C@H]1C[C@]2(C)[C@@H](CC[C@H]3[C@@H]2CC[C@@]2(C)C(=O)CC[C@@H]32)C[C@H]1OC(=O)c1ccccc1. The molecule has 8 atom stereocenters. The molecule has 4 aliphatic carbocycles. The summed E-state index contributed by atoms with van der Waals surface area (Å²) in [5.41, 5.74) is 0.933. The first-order valence-corrected chi connectivity index (χ1v) is 12.1. The van der Waals surface area contributed by atoms with Gasteiger partial charge in [0.2, 0.25) is 0 Å². The van der Waals surface area contributed by atoms with Crippen LogP contribution in [0.25, 0.3) is 0 Å². The molecule has 0 bridgehead atoms. The number of esters is 1. The first-order chi connectivity index (χ1) is 14.3. The van der Waals surface area contributed by atoms with E-state index in [1.807, 2.05) is 30.3 Å². The molecule has 4 saturated carbocycles. The van der Waals surface area contributed by atoms with Gasteiger partial charge in [-0.05, 0) is 92.1 Å². The number of carbonyl (C=O) groups excluding carboxylic acids is 2. The van der Waals surface area contributed by atoms with Crippen molar-refractivity contribution in [2.24, 2.45) is 40.4 Å². The fraction of sp³-hybridized carbons (Fsp3) is 0.704. The van der Waals surface area contributed by atoms with Gasteiger partial charge in [-0.25, -0.2) is 4.79 Å². The summed E-state index contributed by atoms with van der Waals surface area (Å²) >= 11 is 0. The molecule has 3 nitrogen and oxygen atoms in total. The maximum Gasteiger partial charge on any atom is 0.338 e. The van der Waals surface area contributed by atoms with Gasteiger partial charge in [0.25, 0.3) is 0 Å². The summed E-state index contributed by atoms with van der Waals surface area (Å²) in [6.07, 6.45) is 8.86. The Morgan fingerprint density at radius 3 is 2.57 bits per heavy atom. The second kappa shape index (κ2) is 7.21. The van der Waals surface area contributed by atoms with Crippen LogP contribution in [0.15, 0.2) is 30.3 Å². The first-order valence-electron chi connectivity index (χ1n) is 12.1. The molecular weight excluding hydrogens is 372 g/mol. The number of ketones is 1. The van der Waals surface area contributed by atoms with Crippen LogP contribution in [-0.2, 0) is 9.53 Å². The van der Waals surface area contributed by atoms with E-state index in [4.69, 9.17) is 4.74 Å². The van der Waals surface area contributed by atoms with Gasteiger partial charge in [-0.3, -0.25) is 4.79 Å². The molecule has 4 fully saturated rings. The fourth-order valence-corrected chi connectivity index (χ4v) is 8.29. The van der Waals surface area contributed by atoms with Gasteiger partial charge < -0.3 is 4.74 Å². The number of benzene rings is 1. The molecule has 0 unspecified atom stereocenters. The van der Waals surface area contributed by atoms with E-state index in [1.54, 1.807) is 0 Å². The van der Waals surface area contributed by atoms with Gasteiger partial charge in [0.15, 0.2) is 0 Å². The summed E-state index contributed by atoms with van der Waals surface area (Å²) in [6, 6.07) is 9.39. The van der Waals surface area contributed by atoms with Crippen molar-refractivity contribution in [1.29, 1.82) is 0 Å². The Hall–Kier alpha value is -1.64. The van der Waals surface area contributed by atoms with Crippen LogP contribution >= 0.6 is 0 Å². The molecule has 0 radical (unpaired) electrons. The van der Waals surface area contributed by atoms with Crippen LogP contribution in [0, 0.1) is 40.4 Å². The molecule has 0 saturated heterocycles. The summed E-state index contributed by atoms with van der Waals surface area (Å²) < 4.78 is 6.04. The van der Waals surface area contributed by atoms with Gasteiger partial charge in [-0.1, -0.05) is 39.0 Å². The number of hydrogen-bond acceptors (Lipinski definition) is 3. The molecule has 0 N–H and O–H groups in total. The van der Waals surface area contributed by atoms with Crippen LogP contribution in [0.4, 0.5) is 0 Å². The molecule has 0 heterocycles. The molecular formula is C27H36O3. The lowest BCUT2D eigenvalue weighted by Gasteiger charge is -2.61. The van der Waals surface area contributed by atoms with Gasteiger partial charge in [-0.2, -0.15) is 0 Å². The Kier molecular flexibility index (Phi) is 4.87. The zero-order valence-electron chi connectivity index (χ0n) is 18.7. The highest BCUT2D eigenvalue weighted by atomic mass is 16.5. The van der Waals surface area contributed by atoms with Crippen molar-refractivity contribution in [2.45, 2.75) is 78.2 Å². The minimum absolute atomic E-state index is 0.0224. The van der Waals surface area contributed by atoms with Crippen molar-refractivity contribution in [3.8, 4) is 0 Å². The van der Waals surface area contributed by atoms with E-state index >= 15 is 0 Å². The van der Waals surface area contributed by atoms with E-state index in [0.717, 1.165) is 38.0 Å². The molecule has 30 heavy (non-hydrogen) atoms. The third-order valence-electron chi connectivity index (χ3n) is 9.96. The van der Waals surface area contributed by atoms with E-state index in [9.17, 15) is 9.59 Å². The number of Topliss-reactive ketones (excluding diaryl/α,β-unsaturated/α-hetero) is 1. The molecule has 162 valence electrons. The van der Waals surface area contributed by atoms with Crippen LogP contribution < -0.4 is 0 Å². The Morgan fingerprint density at radius 1 is 1.03 bits per heavy atom. The van der Waals surface area contributed by atoms with Crippen molar-refractivity contribution in [1.82, 2.24) is 0 Å². The molecule has 4 aliphatic rings. The summed E-state index contributed by atoms with van der Waals surface area (Å²) in [4.78, 5) is 25.3. The van der Waals surface area contributed by atoms with Crippen molar-refractivity contribution in [2.75, 3.05) is 0 Å². The molecule has 1 aromatic carbocycles. The highest BCUT2D eigenvalue weighted by Gasteiger charge is 2.61. The largest absolute Gasteiger partial charge is 0.458 e. The number of ether oxygens (including phenoxy) is 1.